The summed E-state index contributed by atoms with van der Waals surface area (Å²) in [6, 6.07) is 12.1. The van der Waals surface area contributed by atoms with E-state index in [4.69, 9.17) is 0 Å². The molecule has 0 bridgehead atoms. The summed E-state index contributed by atoms with van der Waals surface area (Å²) in [4.78, 5) is 19.9. The Balaban J connectivity index is 2.14. The van der Waals surface area contributed by atoms with Gasteiger partial charge in [0.2, 0.25) is 4.80 Å². The van der Waals surface area contributed by atoms with Crippen molar-refractivity contribution in [3.8, 4) is 11.3 Å². The fraction of sp³-hybridized carbons (Fsp3) is 0.118. The largest absolute Gasteiger partial charge is 0.270 e. The number of pyridine rings is 1. The first-order valence-electron chi connectivity index (χ1n) is 7.45. The molecule has 0 N–H and O–H groups in total. The van der Waals surface area contributed by atoms with Crippen molar-refractivity contribution >= 4 is 22.7 Å². The molecule has 0 aliphatic heterocycles. The number of non-ortho nitro benzene ring substituents is 1. The first-order chi connectivity index (χ1) is 12.1. The highest BCUT2D eigenvalue weighted by Gasteiger charge is 2.12. The summed E-state index contributed by atoms with van der Waals surface area (Å²) < 4.78 is 1.69. The fourth-order valence-electron chi connectivity index (χ4n) is 2.30. The number of hydrogen-bond acceptors (Lipinski definition) is 6. The minimum atomic E-state index is -0.409. The van der Waals surface area contributed by atoms with Crippen LogP contribution in [0.5, 0.6) is 0 Å². The minimum Gasteiger partial charge on any atom is -0.261 e. The van der Waals surface area contributed by atoms with Crippen molar-refractivity contribution in [1.29, 1.82) is 0 Å². The molecule has 0 saturated carbocycles. The fourth-order valence-corrected chi connectivity index (χ4v) is 3.10. The van der Waals surface area contributed by atoms with Crippen LogP contribution in [0.2, 0.25) is 0 Å². The normalized spacial score (nSPS) is 12.4. The Morgan fingerprint density at radius 2 is 2.12 bits per heavy atom. The van der Waals surface area contributed by atoms with E-state index in [1.165, 1.54) is 23.5 Å². The van der Waals surface area contributed by atoms with Crippen molar-refractivity contribution in [2.45, 2.75) is 6.92 Å². The van der Waals surface area contributed by atoms with Gasteiger partial charge in [-0.15, -0.1) is 11.3 Å². The molecule has 0 aliphatic carbocycles. The van der Waals surface area contributed by atoms with E-state index in [1.807, 2.05) is 36.6 Å². The lowest BCUT2D eigenvalue weighted by atomic mass is 10.1. The number of benzene rings is 1. The standard InChI is InChI=1S/C17H15N5O2S/c1-12(15-8-3-4-9-19-15)20-21-16(11-25-17(21)18-2)13-6-5-7-14(10-13)22(23)24/h3-11H,1-2H3/b18-17?,20-12-. The van der Waals surface area contributed by atoms with Crippen molar-refractivity contribution in [1.82, 2.24) is 9.66 Å². The van der Waals surface area contributed by atoms with E-state index < -0.39 is 4.92 Å². The first-order valence-corrected chi connectivity index (χ1v) is 8.33. The molecule has 0 fully saturated rings. The average Bonchev–Trinajstić information content (AvgIpc) is 3.05. The Bertz CT molecular complexity index is 1010. The maximum Gasteiger partial charge on any atom is 0.270 e. The zero-order valence-electron chi connectivity index (χ0n) is 13.7. The molecule has 3 rings (SSSR count). The second kappa shape index (κ2) is 7.18. The lowest BCUT2D eigenvalue weighted by Crippen LogP contribution is -2.14. The van der Waals surface area contributed by atoms with Gasteiger partial charge in [-0.25, -0.2) is 4.68 Å². The van der Waals surface area contributed by atoms with Gasteiger partial charge in [0.05, 0.1) is 22.0 Å². The van der Waals surface area contributed by atoms with Crippen LogP contribution in [-0.2, 0) is 0 Å². The van der Waals surface area contributed by atoms with Crippen molar-refractivity contribution in [2.24, 2.45) is 10.1 Å². The molecule has 0 saturated heterocycles. The van der Waals surface area contributed by atoms with Crippen LogP contribution in [0.4, 0.5) is 5.69 Å². The van der Waals surface area contributed by atoms with Crippen LogP contribution in [0, 0.1) is 10.1 Å². The Kier molecular flexibility index (Phi) is 4.80. The molecule has 2 heterocycles. The van der Waals surface area contributed by atoms with E-state index in [-0.39, 0.29) is 5.69 Å². The van der Waals surface area contributed by atoms with Gasteiger partial charge in [0.15, 0.2) is 0 Å². The number of nitrogens with zero attached hydrogens (tertiary/aromatic N) is 5. The Morgan fingerprint density at radius 3 is 2.80 bits per heavy atom. The van der Waals surface area contributed by atoms with Crippen molar-refractivity contribution in [3.05, 3.63) is 74.7 Å². The van der Waals surface area contributed by atoms with Crippen LogP contribution in [0.25, 0.3) is 11.3 Å². The average molecular weight is 353 g/mol. The second-order valence-corrected chi connectivity index (χ2v) is 5.98. The third-order valence-electron chi connectivity index (χ3n) is 3.51. The van der Waals surface area contributed by atoms with Gasteiger partial charge >= 0.3 is 0 Å². The third-order valence-corrected chi connectivity index (χ3v) is 4.42. The van der Waals surface area contributed by atoms with Gasteiger partial charge in [-0.05, 0) is 19.1 Å². The molecule has 126 valence electrons. The number of thiazole rings is 1. The van der Waals surface area contributed by atoms with Crippen LogP contribution in [-0.4, -0.2) is 27.3 Å². The van der Waals surface area contributed by atoms with E-state index in [1.54, 1.807) is 24.0 Å². The highest BCUT2D eigenvalue weighted by Crippen LogP contribution is 2.24. The van der Waals surface area contributed by atoms with E-state index in [2.05, 4.69) is 15.1 Å². The lowest BCUT2D eigenvalue weighted by molar-refractivity contribution is -0.384. The van der Waals surface area contributed by atoms with Gasteiger partial charge in [-0.1, -0.05) is 18.2 Å². The molecular formula is C17H15N5O2S. The van der Waals surface area contributed by atoms with Crippen LogP contribution in [0.1, 0.15) is 12.6 Å². The van der Waals surface area contributed by atoms with Crippen LogP contribution >= 0.6 is 11.3 Å². The monoisotopic (exact) mass is 353 g/mol. The molecule has 0 unspecified atom stereocenters. The smallest absolute Gasteiger partial charge is 0.261 e. The summed E-state index contributed by atoms with van der Waals surface area (Å²) in [5.74, 6) is 0. The van der Waals surface area contributed by atoms with E-state index in [0.29, 0.717) is 10.4 Å². The molecule has 0 atom stereocenters. The third kappa shape index (κ3) is 3.53. The van der Waals surface area contributed by atoms with Gasteiger partial charge < -0.3 is 0 Å². The topological polar surface area (TPSA) is 85.7 Å². The second-order valence-electron chi connectivity index (χ2n) is 5.15. The molecule has 0 spiro atoms. The number of hydrogen-bond donors (Lipinski definition) is 0. The summed E-state index contributed by atoms with van der Waals surface area (Å²) in [5, 5.41) is 17.6. The number of nitro benzene ring substituents is 1. The molecule has 1 aromatic carbocycles. The zero-order valence-corrected chi connectivity index (χ0v) is 14.5. The molecular weight excluding hydrogens is 338 g/mol. The van der Waals surface area contributed by atoms with Crippen LogP contribution < -0.4 is 4.80 Å². The van der Waals surface area contributed by atoms with E-state index in [9.17, 15) is 10.1 Å². The Hall–Kier alpha value is -3.13. The summed E-state index contributed by atoms with van der Waals surface area (Å²) in [5.41, 5.74) is 2.96. The van der Waals surface area contributed by atoms with Gasteiger partial charge in [0.1, 0.15) is 0 Å². The molecule has 0 aliphatic rings. The molecule has 0 radical (unpaired) electrons. The van der Waals surface area contributed by atoms with E-state index in [0.717, 1.165) is 17.1 Å². The van der Waals surface area contributed by atoms with Gasteiger partial charge in [-0.2, -0.15) is 5.10 Å². The van der Waals surface area contributed by atoms with Crippen molar-refractivity contribution in [3.63, 3.8) is 0 Å². The predicted octanol–water partition coefficient (Wildman–Crippen LogP) is 3.32. The van der Waals surface area contributed by atoms with Crippen LogP contribution in [0.3, 0.4) is 0 Å². The van der Waals surface area contributed by atoms with Crippen molar-refractivity contribution in [2.75, 3.05) is 7.05 Å². The quantitative estimate of drug-likeness (QED) is 0.409. The summed E-state index contributed by atoms with van der Waals surface area (Å²) in [7, 11) is 1.69. The molecule has 25 heavy (non-hydrogen) atoms. The minimum absolute atomic E-state index is 0.0377. The predicted molar refractivity (Wildman–Crippen MR) is 97.7 cm³/mol. The summed E-state index contributed by atoms with van der Waals surface area (Å²) in [6.07, 6.45) is 1.71. The van der Waals surface area contributed by atoms with Gasteiger partial charge in [0, 0.05) is 36.3 Å². The number of nitro groups is 1. The lowest BCUT2D eigenvalue weighted by Gasteiger charge is -2.05. The molecule has 3 aromatic rings. The number of rotatable bonds is 4. The summed E-state index contributed by atoms with van der Waals surface area (Å²) >= 11 is 1.42. The van der Waals surface area contributed by atoms with Crippen LogP contribution in [0.15, 0.2) is 64.1 Å². The molecule has 8 heteroatoms. The molecule has 0 amide bonds. The SMILES string of the molecule is CN=c1scc(-c2cccc([N+](=O)[O-])c2)n1/N=C(/C)c1ccccn1. The maximum atomic E-state index is 11.0. The summed E-state index contributed by atoms with van der Waals surface area (Å²) in [6.45, 7) is 1.86. The maximum absolute atomic E-state index is 11.0. The number of aromatic nitrogens is 2. The Morgan fingerprint density at radius 1 is 1.28 bits per heavy atom. The Labute approximate surface area is 147 Å². The van der Waals surface area contributed by atoms with Gasteiger partial charge in [0.25, 0.3) is 5.69 Å². The first kappa shape index (κ1) is 16.7. The van der Waals surface area contributed by atoms with Crippen molar-refractivity contribution < 1.29 is 4.92 Å². The van der Waals surface area contributed by atoms with Gasteiger partial charge in [-0.3, -0.25) is 20.1 Å². The highest BCUT2D eigenvalue weighted by molar-refractivity contribution is 7.07. The molecule has 2 aromatic heterocycles. The highest BCUT2D eigenvalue weighted by atomic mass is 32.1. The molecule has 7 nitrogen and oxygen atoms in total. The van der Waals surface area contributed by atoms with E-state index >= 15 is 0 Å². The zero-order chi connectivity index (χ0) is 17.8.